The van der Waals surface area contributed by atoms with Crippen LogP contribution in [0.4, 0.5) is 5.69 Å². The zero-order valence-corrected chi connectivity index (χ0v) is 14.9. The van der Waals surface area contributed by atoms with Gasteiger partial charge in [0.1, 0.15) is 6.04 Å². The Balaban J connectivity index is 1.74. The molecule has 1 unspecified atom stereocenters. The number of nitrogens with zero attached hydrogens (tertiary/aromatic N) is 1. The second kappa shape index (κ2) is 7.42. The Hall–Kier alpha value is -2.46. The number of anilines is 1. The number of benzene rings is 2. The van der Waals surface area contributed by atoms with Crippen LogP contribution in [0.1, 0.15) is 0 Å². The number of aromatic nitrogens is 2. The molecule has 1 atom stereocenters. The maximum Gasteiger partial charge on any atom is 0.244 e. The molecule has 0 radical (unpaired) electrons. The van der Waals surface area contributed by atoms with Gasteiger partial charge in [0.2, 0.25) is 15.9 Å². The van der Waals surface area contributed by atoms with Gasteiger partial charge < -0.3 is 10.4 Å². The number of rotatable bonds is 6. The third-order valence-corrected chi connectivity index (χ3v) is 5.37. The average Bonchev–Trinajstić information content (AvgIpc) is 3.07. The quantitative estimate of drug-likeness (QED) is 0.504. The van der Waals surface area contributed by atoms with Crippen molar-refractivity contribution in [3.63, 3.8) is 0 Å². The topological polar surface area (TPSA) is 124 Å². The first-order valence-electron chi connectivity index (χ1n) is 7.52. The molecule has 10 heteroatoms. The van der Waals surface area contributed by atoms with E-state index in [1.165, 1.54) is 24.3 Å². The zero-order valence-electron chi connectivity index (χ0n) is 13.3. The minimum Gasteiger partial charge on any atom is -0.394 e. The number of aliphatic hydroxyl groups is 1. The summed E-state index contributed by atoms with van der Waals surface area (Å²) in [5.74, 6) is -0.691. The van der Waals surface area contributed by atoms with Gasteiger partial charge in [-0.05, 0) is 42.5 Å². The van der Waals surface area contributed by atoms with Gasteiger partial charge in [0.25, 0.3) is 0 Å². The second-order valence-electron chi connectivity index (χ2n) is 5.47. The Bertz CT molecular complexity index is 1030. The summed E-state index contributed by atoms with van der Waals surface area (Å²) in [7, 11) is -4.00. The monoisotopic (exact) mass is 394 g/mol. The smallest absolute Gasteiger partial charge is 0.244 e. The van der Waals surface area contributed by atoms with Gasteiger partial charge in [0.05, 0.1) is 23.2 Å². The molecule has 0 aliphatic carbocycles. The Morgan fingerprint density at radius 3 is 2.65 bits per heavy atom. The normalized spacial score (nSPS) is 12.8. The van der Waals surface area contributed by atoms with Gasteiger partial charge in [0.15, 0.2) is 0 Å². The molecule has 3 aromatic rings. The van der Waals surface area contributed by atoms with Crippen LogP contribution in [-0.2, 0) is 14.8 Å². The summed E-state index contributed by atoms with van der Waals surface area (Å²) in [6.45, 7) is -0.703. The van der Waals surface area contributed by atoms with E-state index in [0.29, 0.717) is 16.2 Å². The van der Waals surface area contributed by atoms with Crippen molar-refractivity contribution in [3.05, 3.63) is 53.7 Å². The summed E-state index contributed by atoms with van der Waals surface area (Å²) in [5, 5.41) is 19.9. The third kappa shape index (κ3) is 4.02. The lowest BCUT2D eigenvalue weighted by Gasteiger charge is -2.16. The number of hydrogen-bond donors (Lipinski definition) is 4. The van der Waals surface area contributed by atoms with E-state index in [4.69, 9.17) is 11.6 Å². The number of aliphatic hydroxyl groups excluding tert-OH is 1. The molecule has 1 heterocycles. The molecule has 136 valence electrons. The first kappa shape index (κ1) is 18.3. The van der Waals surface area contributed by atoms with Gasteiger partial charge in [0, 0.05) is 16.1 Å². The molecule has 8 nitrogen and oxygen atoms in total. The maximum absolute atomic E-state index is 12.4. The average molecular weight is 395 g/mol. The van der Waals surface area contributed by atoms with Crippen LogP contribution >= 0.6 is 11.6 Å². The predicted molar refractivity (Wildman–Crippen MR) is 97.4 cm³/mol. The Kier molecular flexibility index (Phi) is 5.23. The number of nitrogens with one attached hydrogen (secondary N) is 3. The molecule has 0 aliphatic heterocycles. The number of sulfonamides is 1. The molecule has 26 heavy (non-hydrogen) atoms. The highest BCUT2D eigenvalue weighted by Crippen LogP contribution is 2.17. The molecule has 1 amide bonds. The van der Waals surface area contributed by atoms with Crippen LogP contribution in [0, 0.1) is 0 Å². The number of carbonyl (C=O) groups excluding carboxylic acids is 1. The molecule has 0 aliphatic rings. The largest absolute Gasteiger partial charge is 0.394 e. The number of amides is 1. The summed E-state index contributed by atoms with van der Waals surface area (Å²) in [6.07, 6.45) is 1.64. The van der Waals surface area contributed by atoms with Gasteiger partial charge in [-0.1, -0.05) is 11.6 Å². The van der Waals surface area contributed by atoms with Crippen LogP contribution in [0.2, 0.25) is 5.02 Å². The molecule has 0 saturated heterocycles. The highest BCUT2D eigenvalue weighted by atomic mass is 35.5. The fraction of sp³-hybridized carbons (Fsp3) is 0.125. The van der Waals surface area contributed by atoms with Crippen LogP contribution in [0.3, 0.4) is 0 Å². The minimum atomic E-state index is -4.00. The van der Waals surface area contributed by atoms with E-state index in [9.17, 15) is 18.3 Å². The lowest BCUT2D eigenvalue weighted by Crippen LogP contribution is -2.46. The fourth-order valence-corrected chi connectivity index (χ4v) is 3.60. The van der Waals surface area contributed by atoms with E-state index in [-0.39, 0.29) is 4.90 Å². The molecule has 4 N–H and O–H groups in total. The first-order valence-corrected chi connectivity index (χ1v) is 9.38. The standard InChI is InChI=1S/C16H15ClN4O4S/c17-11-2-5-13(6-3-11)26(24,25)21-15(9-22)16(23)19-12-4-1-10-8-18-20-14(10)7-12/h1-8,15,21-22H,9H2,(H,18,20)(H,19,23). The van der Waals surface area contributed by atoms with Gasteiger partial charge >= 0.3 is 0 Å². The summed E-state index contributed by atoms with van der Waals surface area (Å²) in [4.78, 5) is 12.3. The van der Waals surface area contributed by atoms with Crippen LogP contribution in [0.25, 0.3) is 10.9 Å². The van der Waals surface area contributed by atoms with E-state index < -0.39 is 28.6 Å². The number of fused-ring (bicyclic) bond motifs is 1. The van der Waals surface area contributed by atoms with Gasteiger partial charge in [-0.2, -0.15) is 9.82 Å². The van der Waals surface area contributed by atoms with Crippen LogP contribution in [0.5, 0.6) is 0 Å². The number of H-pyrrole nitrogens is 1. The van der Waals surface area contributed by atoms with Crippen LogP contribution in [-0.4, -0.2) is 42.3 Å². The van der Waals surface area contributed by atoms with E-state index in [0.717, 1.165) is 5.39 Å². The highest BCUT2D eigenvalue weighted by molar-refractivity contribution is 7.89. The van der Waals surface area contributed by atoms with Crippen molar-refractivity contribution >= 4 is 44.1 Å². The number of halogens is 1. The van der Waals surface area contributed by atoms with E-state index >= 15 is 0 Å². The van der Waals surface area contributed by atoms with Crippen LogP contribution < -0.4 is 10.0 Å². The first-order chi connectivity index (χ1) is 12.4. The Labute approximate surface area is 154 Å². The third-order valence-electron chi connectivity index (χ3n) is 3.63. The summed E-state index contributed by atoms with van der Waals surface area (Å²) < 4.78 is 26.9. The molecule has 1 aromatic heterocycles. The van der Waals surface area contributed by atoms with Crippen molar-refractivity contribution < 1.29 is 18.3 Å². The summed E-state index contributed by atoms with van der Waals surface area (Å²) in [5.41, 5.74) is 1.15. The lowest BCUT2D eigenvalue weighted by molar-refractivity contribution is -0.118. The summed E-state index contributed by atoms with van der Waals surface area (Å²) >= 11 is 5.74. The second-order valence-corrected chi connectivity index (χ2v) is 7.62. The maximum atomic E-state index is 12.4. The molecule has 3 rings (SSSR count). The van der Waals surface area contributed by atoms with E-state index in [2.05, 4.69) is 20.2 Å². The number of hydrogen-bond acceptors (Lipinski definition) is 5. The minimum absolute atomic E-state index is 0.0629. The van der Waals surface area contributed by atoms with E-state index in [1.54, 1.807) is 24.4 Å². The predicted octanol–water partition coefficient (Wildman–Crippen LogP) is 1.49. The van der Waals surface area contributed by atoms with Crippen LogP contribution in [0.15, 0.2) is 53.6 Å². The van der Waals surface area contributed by atoms with Crippen molar-refractivity contribution in [2.45, 2.75) is 10.9 Å². The Morgan fingerprint density at radius 2 is 1.96 bits per heavy atom. The fourth-order valence-electron chi connectivity index (χ4n) is 2.29. The lowest BCUT2D eigenvalue weighted by atomic mass is 10.2. The number of carbonyl (C=O) groups is 1. The Morgan fingerprint density at radius 1 is 1.23 bits per heavy atom. The molecular weight excluding hydrogens is 380 g/mol. The molecule has 0 fully saturated rings. The zero-order chi connectivity index (χ0) is 18.7. The number of aromatic amines is 1. The highest BCUT2D eigenvalue weighted by Gasteiger charge is 2.25. The molecule has 0 spiro atoms. The van der Waals surface area contributed by atoms with Crippen molar-refractivity contribution in [2.24, 2.45) is 0 Å². The van der Waals surface area contributed by atoms with Gasteiger partial charge in [-0.15, -0.1) is 0 Å². The van der Waals surface area contributed by atoms with Gasteiger partial charge in [-0.3, -0.25) is 9.89 Å². The van der Waals surface area contributed by atoms with Crippen molar-refractivity contribution in [3.8, 4) is 0 Å². The van der Waals surface area contributed by atoms with Crippen molar-refractivity contribution in [1.82, 2.24) is 14.9 Å². The SMILES string of the molecule is O=C(Nc1ccc2cn[nH]c2c1)C(CO)NS(=O)(=O)c1ccc(Cl)cc1. The summed E-state index contributed by atoms with van der Waals surface area (Å²) in [6, 6.07) is 9.16. The molecular formula is C16H15ClN4O4S. The van der Waals surface area contributed by atoms with E-state index in [1.807, 2.05) is 0 Å². The van der Waals surface area contributed by atoms with Gasteiger partial charge in [-0.25, -0.2) is 8.42 Å². The molecule has 0 bridgehead atoms. The van der Waals surface area contributed by atoms with Crippen molar-refractivity contribution in [1.29, 1.82) is 0 Å². The molecule has 0 saturated carbocycles. The van der Waals surface area contributed by atoms with Crippen molar-refractivity contribution in [2.75, 3.05) is 11.9 Å². The molecule has 2 aromatic carbocycles.